The highest BCUT2D eigenvalue weighted by atomic mass is 16.5. The van der Waals surface area contributed by atoms with Crippen LogP contribution >= 0.6 is 0 Å². The Labute approximate surface area is 129 Å². The number of benzene rings is 1. The minimum Gasteiger partial charge on any atom is -0.376 e. The van der Waals surface area contributed by atoms with Crippen molar-refractivity contribution in [3.8, 4) is 0 Å². The van der Waals surface area contributed by atoms with E-state index in [-0.39, 0.29) is 11.6 Å². The summed E-state index contributed by atoms with van der Waals surface area (Å²) >= 11 is 0. The third-order valence-corrected chi connectivity index (χ3v) is 5.94. The van der Waals surface area contributed by atoms with E-state index in [4.69, 9.17) is 10.5 Å². The second kappa shape index (κ2) is 6.10. The van der Waals surface area contributed by atoms with Gasteiger partial charge in [0.2, 0.25) is 0 Å². The van der Waals surface area contributed by atoms with Gasteiger partial charge >= 0.3 is 0 Å². The summed E-state index contributed by atoms with van der Waals surface area (Å²) in [6.07, 6.45) is 8.67. The fourth-order valence-electron chi connectivity index (χ4n) is 3.94. The quantitative estimate of drug-likeness (QED) is 0.881. The van der Waals surface area contributed by atoms with Gasteiger partial charge in [-0.25, -0.2) is 0 Å². The maximum atomic E-state index is 6.66. The van der Waals surface area contributed by atoms with Gasteiger partial charge in [0.05, 0.1) is 11.6 Å². The number of nitrogens with two attached hydrogens (primary N) is 1. The van der Waals surface area contributed by atoms with Gasteiger partial charge in [-0.3, -0.25) is 0 Å². The van der Waals surface area contributed by atoms with Crippen molar-refractivity contribution in [2.24, 2.45) is 11.7 Å². The molecule has 116 valence electrons. The molecule has 2 heteroatoms. The molecule has 2 aliphatic rings. The van der Waals surface area contributed by atoms with Crippen LogP contribution in [0.2, 0.25) is 0 Å². The summed E-state index contributed by atoms with van der Waals surface area (Å²) in [4.78, 5) is 0. The molecule has 0 amide bonds. The van der Waals surface area contributed by atoms with Gasteiger partial charge in [0.15, 0.2) is 0 Å². The van der Waals surface area contributed by atoms with E-state index in [1.807, 2.05) is 7.11 Å². The molecule has 2 fully saturated rings. The molecule has 3 rings (SSSR count). The van der Waals surface area contributed by atoms with Crippen molar-refractivity contribution < 1.29 is 4.74 Å². The first-order valence-corrected chi connectivity index (χ1v) is 8.55. The zero-order valence-corrected chi connectivity index (χ0v) is 13.5. The first kappa shape index (κ1) is 15.1. The summed E-state index contributed by atoms with van der Waals surface area (Å²) in [5.74, 6) is 1.57. The molecule has 0 bridgehead atoms. The van der Waals surface area contributed by atoms with Gasteiger partial charge in [0.25, 0.3) is 0 Å². The number of rotatable bonds is 4. The predicted octanol–water partition coefficient (Wildman–Crippen LogP) is 4.55. The Morgan fingerprint density at radius 3 is 2.48 bits per heavy atom. The van der Waals surface area contributed by atoms with Gasteiger partial charge in [0.1, 0.15) is 0 Å². The van der Waals surface area contributed by atoms with E-state index < -0.39 is 0 Å². The summed E-state index contributed by atoms with van der Waals surface area (Å²) in [6, 6.07) is 8.97. The highest BCUT2D eigenvalue weighted by Gasteiger charge is 2.40. The zero-order chi connectivity index (χ0) is 14.9. The molecule has 0 saturated heterocycles. The number of hydrogen-bond donors (Lipinski definition) is 1. The topological polar surface area (TPSA) is 35.2 Å². The Morgan fingerprint density at radius 2 is 1.90 bits per heavy atom. The molecule has 0 radical (unpaired) electrons. The molecule has 1 atom stereocenters. The Morgan fingerprint density at radius 1 is 1.19 bits per heavy atom. The molecule has 0 aliphatic heterocycles. The third kappa shape index (κ3) is 2.89. The summed E-state index contributed by atoms with van der Waals surface area (Å²) in [5, 5.41) is 0. The van der Waals surface area contributed by atoms with E-state index in [0.29, 0.717) is 0 Å². The van der Waals surface area contributed by atoms with Crippen LogP contribution in [0.4, 0.5) is 0 Å². The van der Waals surface area contributed by atoms with E-state index in [1.54, 1.807) is 0 Å². The lowest BCUT2D eigenvalue weighted by Gasteiger charge is -2.43. The molecule has 21 heavy (non-hydrogen) atoms. The Kier molecular flexibility index (Phi) is 4.37. The average molecular weight is 287 g/mol. The average Bonchev–Trinajstić information content (AvgIpc) is 2.46. The molecular weight excluding hydrogens is 258 g/mol. The first-order valence-electron chi connectivity index (χ1n) is 8.55. The Bertz CT molecular complexity index is 472. The largest absolute Gasteiger partial charge is 0.376 e. The lowest BCUT2D eigenvalue weighted by Crippen LogP contribution is -2.45. The number of hydrogen-bond acceptors (Lipinski definition) is 2. The van der Waals surface area contributed by atoms with Crippen LogP contribution in [0.25, 0.3) is 0 Å². The van der Waals surface area contributed by atoms with Crippen molar-refractivity contribution in [1.82, 2.24) is 0 Å². The normalized spacial score (nSPS) is 31.7. The van der Waals surface area contributed by atoms with Crippen molar-refractivity contribution in [3.63, 3.8) is 0 Å². The summed E-state index contributed by atoms with van der Waals surface area (Å²) in [7, 11) is 1.84. The second-order valence-corrected chi connectivity index (χ2v) is 7.23. The zero-order valence-electron chi connectivity index (χ0n) is 13.5. The summed E-state index contributed by atoms with van der Waals surface area (Å²) in [6.45, 7) is 2.34. The summed E-state index contributed by atoms with van der Waals surface area (Å²) in [5.41, 5.74) is 9.24. The molecule has 0 spiro atoms. The van der Waals surface area contributed by atoms with Crippen LogP contribution in [0.3, 0.4) is 0 Å². The van der Waals surface area contributed by atoms with E-state index in [2.05, 4.69) is 31.2 Å². The molecule has 1 aromatic rings. The predicted molar refractivity (Wildman–Crippen MR) is 87.3 cm³/mol. The summed E-state index contributed by atoms with van der Waals surface area (Å²) < 4.78 is 5.96. The van der Waals surface area contributed by atoms with Crippen LogP contribution in [0.15, 0.2) is 24.3 Å². The third-order valence-electron chi connectivity index (χ3n) is 5.94. The maximum absolute atomic E-state index is 6.66. The lowest BCUT2D eigenvalue weighted by atomic mass is 9.73. The van der Waals surface area contributed by atoms with Gasteiger partial charge in [-0.05, 0) is 61.5 Å². The monoisotopic (exact) mass is 287 g/mol. The SMILES string of the molecule is COC1(C(N)c2cccc(C3CCC3)c2)CCC(C)CC1. The highest BCUT2D eigenvalue weighted by molar-refractivity contribution is 5.31. The van der Waals surface area contributed by atoms with Gasteiger partial charge in [-0.1, -0.05) is 37.6 Å². The fraction of sp³-hybridized carbons (Fsp3) is 0.684. The molecule has 0 aromatic heterocycles. The minimum absolute atomic E-state index is 0.00461. The molecule has 2 N–H and O–H groups in total. The standard InChI is InChI=1S/C19H29NO/c1-14-9-11-19(21-2,12-10-14)18(20)17-8-4-7-16(13-17)15-5-3-6-15/h4,7-8,13-15,18H,3,5-6,9-12,20H2,1-2H3. The molecule has 2 aliphatic carbocycles. The lowest BCUT2D eigenvalue weighted by molar-refractivity contribution is -0.0672. The van der Waals surface area contributed by atoms with Gasteiger partial charge < -0.3 is 10.5 Å². The molecule has 1 unspecified atom stereocenters. The Balaban J connectivity index is 1.81. The van der Waals surface area contributed by atoms with E-state index >= 15 is 0 Å². The van der Waals surface area contributed by atoms with Crippen LogP contribution in [-0.4, -0.2) is 12.7 Å². The van der Waals surface area contributed by atoms with Gasteiger partial charge in [0, 0.05) is 7.11 Å². The molecular formula is C19H29NO. The van der Waals surface area contributed by atoms with E-state index in [1.165, 1.54) is 43.2 Å². The number of methoxy groups -OCH3 is 1. The van der Waals surface area contributed by atoms with Crippen LogP contribution in [0.5, 0.6) is 0 Å². The minimum atomic E-state index is -0.162. The van der Waals surface area contributed by atoms with Crippen molar-refractivity contribution in [3.05, 3.63) is 35.4 Å². The van der Waals surface area contributed by atoms with Crippen LogP contribution < -0.4 is 5.73 Å². The van der Waals surface area contributed by atoms with E-state index in [9.17, 15) is 0 Å². The van der Waals surface area contributed by atoms with Crippen LogP contribution in [0.1, 0.15) is 75.0 Å². The maximum Gasteiger partial charge on any atom is 0.0870 e. The van der Waals surface area contributed by atoms with E-state index in [0.717, 1.165) is 24.7 Å². The van der Waals surface area contributed by atoms with Crippen molar-refractivity contribution in [2.45, 2.75) is 69.4 Å². The molecule has 0 heterocycles. The van der Waals surface area contributed by atoms with Gasteiger partial charge in [-0.15, -0.1) is 0 Å². The van der Waals surface area contributed by atoms with Crippen molar-refractivity contribution >= 4 is 0 Å². The number of ether oxygens (including phenoxy) is 1. The Hall–Kier alpha value is -0.860. The molecule has 2 nitrogen and oxygen atoms in total. The van der Waals surface area contributed by atoms with Crippen LogP contribution in [-0.2, 0) is 4.74 Å². The first-order chi connectivity index (χ1) is 10.1. The fourth-order valence-corrected chi connectivity index (χ4v) is 3.94. The van der Waals surface area contributed by atoms with Crippen molar-refractivity contribution in [1.29, 1.82) is 0 Å². The van der Waals surface area contributed by atoms with Gasteiger partial charge in [-0.2, -0.15) is 0 Å². The smallest absolute Gasteiger partial charge is 0.0870 e. The highest BCUT2D eigenvalue weighted by Crippen LogP contribution is 2.43. The van der Waals surface area contributed by atoms with Crippen molar-refractivity contribution in [2.75, 3.05) is 7.11 Å². The van der Waals surface area contributed by atoms with Crippen LogP contribution in [0, 0.1) is 5.92 Å². The molecule has 2 saturated carbocycles. The molecule has 1 aromatic carbocycles. The second-order valence-electron chi connectivity index (χ2n) is 7.23.